The molecule has 5 nitrogen and oxygen atoms in total. The molecule has 1 unspecified atom stereocenters. The van der Waals surface area contributed by atoms with E-state index < -0.39 is 10.0 Å². The molecule has 1 aliphatic heterocycles. The molecule has 1 aliphatic rings. The molecule has 0 aliphatic carbocycles. The first-order valence-electron chi connectivity index (χ1n) is 7.20. The van der Waals surface area contributed by atoms with Crippen LogP contribution >= 0.6 is 0 Å². The molecule has 0 amide bonds. The zero-order valence-corrected chi connectivity index (χ0v) is 14.0. The molecule has 1 aromatic carbocycles. The summed E-state index contributed by atoms with van der Waals surface area (Å²) in [5.74, 6) is 1.09. The summed E-state index contributed by atoms with van der Waals surface area (Å²) in [6.07, 6.45) is 0.911. The number of sulfonamides is 1. The fourth-order valence-corrected chi connectivity index (χ4v) is 4.98. The molecule has 1 saturated heterocycles. The van der Waals surface area contributed by atoms with Gasteiger partial charge in [-0.05, 0) is 63.0 Å². The van der Waals surface area contributed by atoms with Gasteiger partial charge in [0, 0.05) is 13.1 Å². The van der Waals surface area contributed by atoms with E-state index in [1.807, 2.05) is 20.9 Å². The van der Waals surface area contributed by atoms with E-state index in [1.54, 1.807) is 23.5 Å². The van der Waals surface area contributed by atoms with Crippen LogP contribution in [0.4, 0.5) is 0 Å². The number of nitrogens with zero attached hydrogens (tertiary/aromatic N) is 1. The lowest BCUT2D eigenvalue weighted by Gasteiger charge is -2.20. The molecule has 1 N–H and O–H groups in total. The molecule has 2 rings (SSSR count). The minimum absolute atomic E-state index is 0.392. The number of ether oxygens (including phenoxy) is 1. The van der Waals surface area contributed by atoms with Crippen LogP contribution in [0.25, 0.3) is 0 Å². The molecule has 118 valence electrons. The predicted molar refractivity (Wildman–Crippen MR) is 83.3 cm³/mol. The Morgan fingerprint density at radius 1 is 1.33 bits per heavy atom. The molecular formula is C15H24N2O3S. The van der Waals surface area contributed by atoms with Gasteiger partial charge in [-0.2, -0.15) is 4.31 Å². The number of rotatable bonds is 5. The van der Waals surface area contributed by atoms with Crippen molar-refractivity contribution in [1.29, 1.82) is 0 Å². The third-order valence-electron chi connectivity index (χ3n) is 4.01. The lowest BCUT2D eigenvalue weighted by Crippen LogP contribution is -2.31. The summed E-state index contributed by atoms with van der Waals surface area (Å²) < 4.78 is 32.6. The summed E-state index contributed by atoms with van der Waals surface area (Å²) in [5.41, 5.74) is 1.48. The first-order valence-corrected chi connectivity index (χ1v) is 8.64. The maximum Gasteiger partial charge on any atom is 0.243 e. The normalized spacial score (nSPS) is 19.9. The molecule has 1 heterocycles. The van der Waals surface area contributed by atoms with Gasteiger partial charge in [-0.1, -0.05) is 0 Å². The van der Waals surface area contributed by atoms with Gasteiger partial charge >= 0.3 is 0 Å². The Morgan fingerprint density at radius 2 is 1.95 bits per heavy atom. The van der Waals surface area contributed by atoms with E-state index in [-0.39, 0.29) is 0 Å². The van der Waals surface area contributed by atoms with Gasteiger partial charge < -0.3 is 10.1 Å². The van der Waals surface area contributed by atoms with Crippen molar-refractivity contribution in [2.75, 3.05) is 33.8 Å². The SMILES string of the molecule is CNCC1CCN(S(=O)(=O)c2c(C)cc(OC)cc2C)C1. The Bertz CT molecular complexity index is 590. The number of methoxy groups -OCH3 is 1. The van der Waals surface area contributed by atoms with Crippen LogP contribution in [0.3, 0.4) is 0 Å². The highest BCUT2D eigenvalue weighted by Gasteiger charge is 2.34. The van der Waals surface area contributed by atoms with E-state index in [4.69, 9.17) is 4.74 Å². The van der Waals surface area contributed by atoms with Gasteiger partial charge in [0.15, 0.2) is 0 Å². The highest BCUT2D eigenvalue weighted by molar-refractivity contribution is 7.89. The summed E-state index contributed by atoms with van der Waals surface area (Å²) in [6, 6.07) is 3.56. The maximum absolute atomic E-state index is 12.9. The molecule has 1 fully saturated rings. The molecule has 0 bridgehead atoms. The molecule has 1 aromatic rings. The van der Waals surface area contributed by atoms with Crippen LogP contribution in [0.2, 0.25) is 0 Å². The lowest BCUT2D eigenvalue weighted by molar-refractivity contribution is 0.413. The molecule has 0 spiro atoms. The van der Waals surface area contributed by atoms with Gasteiger partial charge in [-0.3, -0.25) is 0 Å². The number of hydrogen-bond acceptors (Lipinski definition) is 4. The molecule has 6 heteroatoms. The summed E-state index contributed by atoms with van der Waals surface area (Å²) in [6.45, 7) is 5.69. The molecule has 0 saturated carbocycles. The summed E-state index contributed by atoms with van der Waals surface area (Å²) in [7, 11) is 0.0600. The van der Waals surface area contributed by atoms with Crippen molar-refractivity contribution >= 4 is 10.0 Å². The van der Waals surface area contributed by atoms with Crippen LogP contribution < -0.4 is 10.1 Å². The van der Waals surface area contributed by atoms with Crippen molar-refractivity contribution in [2.24, 2.45) is 5.92 Å². The Hall–Kier alpha value is -1.11. The first-order chi connectivity index (χ1) is 9.90. The molecule has 21 heavy (non-hydrogen) atoms. The average Bonchev–Trinajstić information content (AvgIpc) is 2.87. The predicted octanol–water partition coefficient (Wildman–Crippen LogP) is 1.54. The van der Waals surface area contributed by atoms with Gasteiger partial charge in [0.2, 0.25) is 10.0 Å². The minimum atomic E-state index is -3.43. The Morgan fingerprint density at radius 3 is 2.48 bits per heavy atom. The Labute approximate surface area is 127 Å². The van der Waals surface area contributed by atoms with Crippen molar-refractivity contribution in [3.63, 3.8) is 0 Å². The molecular weight excluding hydrogens is 288 g/mol. The van der Waals surface area contributed by atoms with E-state index in [0.29, 0.717) is 29.7 Å². The van der Waals surface area contributed by atoms with Crippen LogP contribution in [0.5, 0.6) is 5.75 Å². The zero-order valence-electron chi connectivity index (χ0n) is 13.1. The fraction of sp³-hybridized carbons (Fsp3) is 0.600. The summed E-state index contributed by atoms with van der Waals surface area (Å²) in [4.78, 5) is 0.424. The van der Waals surface area contributed by atoms with Crippen LogP contribution in [-0.2, 0) is 10.0 Å². The van der Waals surface area contributed by atoms with E-state index in [1.165, 1.54) is 0 Å². The minimum Gasteiger partial charge on any atom is -0.497 e. The Balaban J connectivity index is 2.33. The zero-order chi connectivity index (χ0) is 15.6. The van der Waals surface area contributed by atoms with Crippen LogP contribution in [-0.4, -0.2) is 46.5 Å². The summed E-state index contributed by atoms with van der Waals surface area (Å²) in [5, 5.41) is 3.12. The van der Waals surface area contributed by atoms with Gasteiger partial charge in [0.1, 0.15) is 5.75 Å². The van der Waals surface area contributed by atoms with Crippen molar-refractivity contribution in [1.82, 2.24) is 9.62 Å². The lowest BCUT2D eigenvalue weighted by atomic mass is 10.1. The number of nitrogens with one attached hydrogen (secondary N) is 1. The van der Waals surface area contributed by atoms with Crippen molar-refractivity contribution in [3.05, 3.63) is 23.3 Å². The first kappa shape index (κ1) is 16.3. The van der Waals surface area contributed by atoms with E-state index in [0.717, 1.165) is 24.1 Å². The molecule has 0 radical (unpaired) electrons. The number of aryl methyl sites for hydroxylation is 2. The van der Waals surface area contributed by atoms with Crippen LogP contribution in [0.15, 0.2) is 17.0 Å². The van der Waals surface area contributed by atoms with Crippen molar-refractivity contribution in [2.45, 2.75) is 25.2 Å². The standard InChI is InChI=1S/C15H24N2O3S/c1-11-7-14(20-4)8-12(2)15(11)21(18,19)17-6-5-13(10-17)9-16-3/h7-8,13,16H,5-6,9-10H2,1-4H3. The second-order valence-electron chi connectivity index (χ2n) is 5.67. The van der Waals surface area contributed by atoms with Crippen molar-refractivity contribution in [3.8, 4) is 5.75 Å². The maximum atomic E-state index is 12.9. The molecule has 1 atom stereocenters. The number of benzene rings is 1. The van der Waals surface area contributed by atoms with Gasteiger partial charge in [-0.25, -0.2) is 8.42 Å². The monoisotopic (exact) mass is 312 g/mol. The Kier molecular flexibility index (Phi) is 4.91. The van der Waals surface area contributed by atoms with E-state index >= 15 is 0 Å². The third kappa shape index (κ3) is 3.22. The second-order valence-corrected chi connectivity index (χ2v) is 7.54. The summed E-state index contributed by atoms with van der Waals surface area (Å²) >= 11 is 0. The third-order valence-corrected chi connectivity index (χ3v) is 6.18. The van der Waals surface area contributed by atoms with Gasteiger partial charge in [0.25, 0.3) is 0 Å². The molecule has 0 aromatic heterocycles. The van der Waals surface area contributed by atoms with Gasteiger partial charge in [0.05, 0.1) is 12.0 Å². The van der Waals surface area contributed by atoms with Gasteiger partial charge in [-0.15, -0.1) is 0 Å². The van der Waals surface area contributed by atoms with E-state index in [9.17, 15) is 8.42 Å². The van der Waals surface area contributed by atoms with Crippen LogP contribution in [0.1, 0.15) is 17.5 Å². The largest absolute Gasteiger partial charge is 0.497 e. The van der Waals surface area contributed by atoms with Crippen molar-refractivity contribution < 1.29 is 13.2 Å². The smallest absolute Gasteiger partial charge is 0.243 e. The second kappa shape index (κ2) is 6.34. The highest BCUT2D eigenvalue weighted by atomic mass is 32.2. The highest BCUT2D eigenvalue weighted by Crippen LogP contribution is 2.30. The topological polar surface area (TPSA) is 58.6 Å². The van der Waals surface area contributed by atoms with E-state index in [2.05, 4.69) is 5.32 Å². The average molecular weight is 312 g/mol. The fourth-order valence-electron chi connectivity index (χ4n) is 3.04. The van der Waals surface area contributed by atoms with Crippen LogP contribution in [0, 0.1) is 19.8 Å². The number of hydrogen-bond donors (Lipinski definition) is 1. The quantitative estimate of drug-likeness (QED) is 0.896.